The first kappa shape index (κ1) is 21.6. The summed E-state index contributed by atoms with van der Waals surface area (Å²) in [6.45, 7) is 13.1. The van der Waals surface area contributed by atoms with Crippen LogP contribution in [0.4, 0.5) is 11.4 Å². The molecule has 1 aliphatic rings. The van der Waals surface area contributed by atoms with Crippen LogP contribution in [-0.2, 0) is 0 Å². The van der Waals surface area contributed by atoms with Gasteiger partial charge in [0, 0.05) is 23.2 Å². The number of amidine groups is 1. The van der Waals surface area contributed by atoms with Crippen LogP contribution in [0.2, 0.25) is 19.6 Å². The Morgan fingerprint density at radius 3 is 2.13 bits per heavy atom. The van der Waals surface area contributed by atoms with Crippen molar-refractivity contribution in [1.82, 2.24) is 4.90 Å². The molecule has 1 heterocycles. The Labute approximate surface area is 179 Å². The molecule has 2 aromatic rings. The Hall–Kier alpha value is -3.11. The predicted octanol–water partition coefficient (Wildman–Crippen LogP) is 5.08. The van der Waals surface area contributed by atoms with Crippen molar-refractivity contribution in [3.05, 3.63) is 70.3 Å². The van der Waals surface area contributed by atoms with E-state index in [1.807, 2.05) is 35.3 Å². The van der Waals surface area contributed by atoms with Gasteiger partial charge in [-0.1, -0.05) is 43.8 Å². The van der Waals surface area contributed by atoms with Gasteiger partial charge in [0.2, 0.25) is 0 Å². The number of hydrazone groups is 1. The van der Waals surface area contributed by atoms with Crippen LogP contribution < -0.4 is 5.01 Å². The fraction of sp³-hybridized carbons (Fsp3) is 0.348. The van der Waals surface area contributed by atoms with E-state index in [0.29, 0.717) is 0 Å². The SMILES string of the molecule is CC(C)(C)N1C(c2ccc([N+](=O)[O-])cc2)=NN(c2ccccc2)C1C#C[Si](C)(C)C. The predicted molar refractivity (Wildman–Crippen MR) is 125 cm³/mol. The maximum Gasteiger partial charge on any atom is 0.269 e. The Morgan fingerprint density at radius 2 is 1.63 bits per heavy atom. The van der Waals surface area contributed by atoms with Crippen molar-refractivity contribution >= 4 is 25.3 Å². The van der Waals surface area contributed by atoms with E-state index in [2.05, 4.69) is 56.8 Å². The highest BCUT2D eigenvalue weighted by Gasteiger charge is 2.41. The summed E-state index contributed by atoms with van der Waals surface area (Å²) in [6.07, 6.45) is -0.260. The molecular formula is C23H28N4O2Si. The largest absolute Gasteiger partial charge is 0.317 e. The number of nitro benzene ring substituents is 1. The van der Waals surface area contributed by atoms with Gasteiger partial charge in [-0.25, -0.2) is 5.01 Å². The first-order valence-electron chi connectivity index (χ1n) is 9.97. The number of non-ortho nitro benzene ring substituents is 1. The minimum Gasteiger partial charge on any atom is -0.317 e. The Balaban J connectivity index is 2.15. The van der Waals surface area contributed by atoms with Gasteiger partial charge in [0.05, 0.1) is 10.6 Å². The highest BCUT2D eigenvalue weighted by molar-refractivity contribution is 6.83. The van der Waals surface area contributed by atoms with Crippen molar-refractivity contribution in [1.29, 1.82) is 0 Å². The van der Waals surface area contributed by atoms with Crippen molar-refractivity contribution < 1.29 is 4.92 Å². The van der Waals surface area contributed by atoms with Crippen LogP contribution in [0.3, 0.4) is 0 Å². The van der Waals surface area contributed by atoms with E-state index >= 15 is 0 Å². The minimum atomic E-state index is -1.61. The molecule has 1 atom stereocenters. The zero-order valence-electron chi connectivity index (χ0n) is 18.4. The number of hydrogen-bond acceptors (Lipinski definition) is 5. The fourth-order valence-electron chi connectivity index (χ4n) is 3.23. The minimum absolute atomic E-state index is 0.0645. The maximum absolute atomic E-state index is 11.1. The van der Waals surface area contributed by atoms with E-state index < -0.39 is 8.07 Å². The highest BCUT2D eigenvalue weighted by atomic mass is 28.3. The lowest BCUT2D eigenvalue weighted by atomic mass is 10.0. The van der Waals surface area contributed by atoms with E-state index in [9.17, 15) is 10.1 Å². The van der Waals surface area contributed by atoms with Crippen LogP contribution in [-0.4, -0.2) is 35.4 Å². The van der Waals surface area contributed by atoms with E-state index in [0.717, 1.165) is 17.1 Å². The summed E-state index contributed by atoms with van der Waals surface area (Å²) in [4.78, 5) is 12.9. The molecule has 3 rings (SSSR count). The van der Waals surface area contributed by atoms with Crippen LogP contribution in [0.5, 0.6) is 0 Å². The lowest BCUT2D eigenvalue weighted by Crippen LogP contribution is -2.52. The van der Waals surface area contributed by atoms with Gasteiger partial charge in [-0.3, -0.25) is 10.1 Å². The van der Waals surface area contributed by atoms with Crippen LogP contribution in [0.1, 0.15) is 26.3 Å². The number of nitrogens with zero attached hydrogens (tertiary/aromatic N) is 4. The number of rotatable bonds is 3. The summed E-state index contributed by atoms with van der Waals surface area (Å²) in [5.74, 6) is 4.26. The Morgan fingerprint density at radius 1 is 1.03 bits per heavy atom. The Bertz CT molecular complexity index is 1010. The molecule has 0 aliphatic carbocycles. The van der Waals surface area contributed by atoms with Crippen molar-refractivity contribution in [2.24, 2.45) is 5.10 Å². The number of benzene rings is 2. The second-order valence-electron chi connectivity index (χ2n) is 9.34. The van der Waals surface area contributed by atoms with Crippen LogP contribution >= 0.6 is 0 Å². The molecule has 30 heavy (non-hydrogen) atoms. The number of para-hydroxylation sites is 1. The van der Waals surface area contributed by atoms with E-state index in [1.165, 1.54) is 12.1 Å². The lowest BCUT2D eigenvalue weighted by molar-refractivity contribution is -0.384. The molecule has 0 aromatic heterocycles. The zero-order chi connectivity index (χ0) is 22.1. The number of anilines is 1. The summed E-state index contributed by atoms with van der Waals surface area (Å²) in [5, 5.41) is 18.0. The van der Waals surface area contributed by atoms with E-state index in [-0.39, 0.29) is 22.3 Å². The molecule has 0 radical (unpaired) electrons. The van der Waals surface area contributed by atoms with Crippen molar-refractivity contribution in [3.63, 3.8) is 0 Å². The fourth-order valence-corrected chi connectivity index (χ4v) is 3.79. The smallest absolute Gasteiger partial charge is 0.269 e. The normalized spacial score (nSPS) is 16.7. The third kappa shape index (κ3) is 4.71. The molecule has 156 valence electrons. The topological polar surface area (TPSA) is 62.0 Å². The quantitative estimate of drug-likeness (QED) is 0.300. The molecule has 7 heteroatoms. The van der Waals surface area contributed by atoms with Crippen LogP contribution in [0.25, 0.3) is 0 Å². The van der Waals surface area contributed by atoms with Gasteiger partial charge >= 0.3 is 0 Å². The van der Waals surface area contributed by atoms with Crippen LogP contribution in [0, 0.1) is 21.6 Å². The highest BCUT2D eigenvalue weighted by Crippen LogP contribution is 2.32. The lowest BCUT2D eigenvalue weighted by Gasteiger charge is -2.38. The summed E-state index contributed by atoms with van der Waals surface area (Å²) in [6, 6.07) is 16.5. The van der Waals surface area contributed by atoms with Gasteiger partial charge in [-0.2, -0.15) is 5.10 Å². The summed E-state index contributed by atoms with van der Waals surface area (Å²) >= 11 is 0. The van der Waals surface area contributed by atoms with Crippen LogP contribution in [0.15, 0.2) is 59.7 Å². The molecule has 0 fully saturated rings. The zero-order valence-corrected chi connectivity index (χ0v) is 19.4. The van der Waals surface area contributed by atoms with Gasteiger partial charge in [-0.15, -0.1) is 5.54 Å². The van der Waals surface area contributed by atoms with Crippen molar-refractivity contribution in [2.75, 3.05) is 5.01 Å². The molecule has 2 aromatic carbocycles. The van der Waals surface area contributed by atoms with E-state index in [1.54, 1.807) is 12.1 Å². The monoisotopic (exact) mass is 420 g/mol. The average Bonchev–Trinajstić information content (AvgIpc) is 3.06. The van der Waals surface area contributed by atoms with Gasteiger partial charge in [-0.05, 0) is 45.0 Å². The Kier molecular flexibility index (Phi) is 5.73. The summed E-state index contributed by atoms with van der Waals surface area (Å²) < 4.78 is 0. The third-order valence-electron chi connectivity index (χ3n) is 4.56. The van der Waals surface area contributed by atoms with Gasteiger partial charge in [0.15, 0.2) is 12.0 Å². The first-order chi connectivity index (χ1) is 14.0. The molecule has 0 bridgehead atoms. The molecule has 1 aliphatic heterocycles. The number of hydrogen-bond donors (Lipinski definition) is 0. The molecule has 0 saturated heterocycles. The van der Waals surface area contributed by atoms with Crippen molar-refractivity contribution in [3.8, 4) is 11.5 Å². The third-order valence-corrected chi connectivity index (χ3v) is 5.46. The average molecular weight is 421 g/mol. The van der Waals surface area contributed by atoms with Gasteiger partial charge in [0.1, 0.15) is 8.07 Å². The van der Waals surface area contributed by atoms with Gasteiger partial charge in [0.25, 0.3) is 5.69 Å². The second-order valence-corrected chi connectivity index (χ2v) is 14.1. The molecule has 0 amide bonds. The molecule has 0 saturated carbocycles. The molecule has 1 unspecified atom stereocenters. The molecule has 0 spiro atoms. The van der Waals surface area contributed by atoms with E-state index in [4.69, 9.17) is 5.10 Å². The second kappa shape index (κ2) is 7.96. The molecular weight excluding hydrogens is 392 g/mol. The summed E-state index contributed by atoms with van der Waals surface area (Å²) in [5.41, 5.74) is 5.09. The van der Waals surface area contributed by atoms with Gasteiger partial charge < -0.3 is 4.90 Å². The standard InChI is InChI=1S/C23H28N4O2Si/c1-23(2,3)25-21(16-17-30(4,5)6)26(19-10-8-7-9-11-19)24-22(25)18-12-14-20(15-13-18)27(28)29/h7-15,21H,1-6H3. The van der Waals surface area contributed by atoms with Crippen molar-refractivity contribution in [2.45, 2.75) is 52.1 Å². The first-order valence-corrected chi connectivity index (χ1v) is 13.5. The number of nitro groups is 1. The molecule has 6 nitrogen and oxygen atoms in total. The maximum atomic E-state index is 11.1. The summed E-state index contributed by atoms with van der Waals surface area (Å²) in [7, 11) is -1.61. The molecule has 0 N–H and O–H groups in total.